The predicted octanol–water partition coefficient (Wildman–Crippen LogP) is 4.28. The number of nitrogens with zero attached hydrogens (tertiary/aromatic N) is 3. The molecule has 8 heteroatoms. The summed E-state index contributed by atoms with van der Waals surface area (Å²) in [5.41, 5.74) is 2.06. The minimum absolute atomic E-state index is 0.301. The summed E-state index contributed by atoms with van der Waals surface area (Å²) in [6.45, 7) is 1.83. The van der Waals surface area contributed by atoms with E-state index >= 15 is 0 Å². The lowest BCUT2D eigenvalue weighted by Gasteiger charge is -2.06. The van der Waals surface area contributed by atoms with Crippen molar-refractivity contribution >= 4 is 46.8 Å². The van der Waals surface area contributed by atoms with Crippen molar-refractivity contribution in [1.29, 1.82) is 5.26 Å². The fourth-order valence-corrected chi connectivity index (χ4v) is 2.74. The number of rotatable bonds is 5. The molecule has 1 aromatic carbocycles. The lowest BCUT2D eigenvalue weighted by atomic mass is 10.2. The van der Waals surface area contributed by atoms with Crippen LogP contribution >= 0.6 is 34.8 Å². The van der Waals surface area contributed by atoms with Crippen LogP contribution in [-0.4, -0.2) is 22.4 Å². The number of aromatic nitrogens is 2. The van der Waals surface area contributed by atoms with Crippen LogP contribution < -0.4 is 0 Å². The van der Waals surface area contributed by atoms with Crippen molar-refractivity contribution in [3.8, 4) is 6.07 Å². The molecule has 2 rings (SSSR count). The normalized spacial score (nSPS) is 10.8. The summed E-state index contributed by atoms with van der Waals surface area (Å²) >= 11 is 18.4. The summed E-state index contributed by atoms with van der Waals surface area (Å²) in [5, 5.41) is 14.1. The van der Waals surface area contributed by atoms with Gasteiger partial charge < -0.3 is 4.74 Å². The highest BCUT2D eigenvalue weighted by molar-refractivity contribution is 6.35. The summed E-state index contributed by atoms with van der Waals surface area (Å²) in [5.74, 6) is -0.625. The molecule has 0 N–H and O–H groups in total. The van der Waals surface area contributed by atoms with Crippen molar-refractivity contribution in [2.75, 3.05) is 6.61 Å². The van der Waals surface area contributed by atoms with E-state index in [1.54, 1.807) is 35.9 Å². The molecule has 5 nitrogen and oxygen atoms in total. The Morgan fingerprint density at radius 2 is 2.17 bits per heavy atom. The molecule has 0 aliphatic rings. The van der Waals surface area contributed by atoms with E-state index in [0.29, 0.717) is 33.0 Å². The van der Waals surface area contributed by atoms with Gasteiger partial charge >= 0.3 is 5.97 Å². The molecule has 24 heavy (non-hydrogen) atoms. The summed E-state index contributed by atoms with van der Waals surface area (Å²) in [7, 11) is 0. The number of carbonyl (C=O) groups excluding carboxylic acids is 1. The van der Waals surface area contributed by atoms with Crippen LogP contribution in [0.3, 0.4) is 0 Å². The molecular formula is C16H12Cl3N3O2. The molecule has 0 atom stereocenters. The van der Waals surface area contributed by atoms with Crippen LogP contribution in [0.4, 0.5) is 0 Å². The van der Waals surface area contributed by atoms with Crippen molar-refractivity contribution in [3.05, 3.63) is 56.3 Å². The van der Waals surface area contributed by atoms with Crippen LogP contribution in [-0.2, 0) is 16.1 Å². The standard InChI is InChI=1S/C16H12Cl3N3O2/c1-10-13(4-5-15(23)24-7-6-20)16(19)22(21-10)9-11-2-3-12(17)8-14(11)18/h2-5,8H,7,9H2,1H3. The highest BCUT2D eigenvalue weighted by atomic mass is 35.5. The average molecular weight is 385 g/mol. The highest BCUT2D eigenvalue weighted by Crippen LogP contribution is 2.26. The van der Waals surface area contributed by atoms with E-state index in [2.05, 4.69) is 9.84 Å². The van der Waals surface area contributed by atoms with Crippen molar-refractivity contribution in [2.24, 2.45) is 0 Å². The number of ether oxygens (including phenoxy) is 1. The number of aryl methyl sites for hydroxylation is 1. The molecule has 0 saturated heterocycles. The molecule has 0 aliphatic carbocycles. The quantitative estimate of drug-likeness (QED) is 0.570. The summed E-state index contributed by atoms with van der Waals surface area (Å²) in [6, 6.07) is 6.90. The van der Waals surface area contributed by atoms with Gasteiger partial charge in [-0.3, -0.25) is 0 Å². The fraction of sp³-hybridized carbons (Fsp3) is 0.188. The van der Waals surface area contributed by atoms with Crippen LogP contribution in [0.25, 0.3) is 6.08 Å². The van der Waals surface area contributed by atoms with Gasteiger partial charge in [0.2, 0.25) is 0 Å². The monoisotopic (exact) mass is 383 g/mol. The van der Waals surface area contributed by atoms with Gasteiger partial charge in [0.1, 0.15) is 11.2 Å². The highest BCUT2D eigenvalue weighted by Gasteiger charge is 2.13. The Morgan fingerprint density at radius 3 is 2.83 bits per heavy atom. The Kier molecular flexibility index (Phi) is 6.27. The molecule has 0 spiro atoms. The van der Waals surface area contributed by atoms with Crippen LogP contribution in [0.1, 0.15) is 16.8 Å². The Balaban J connectivity index is 2.21. The zero-order valence-corrected chi connectivity index (χ0v) is 14.9. The predicted molar refractivity (Wildman–Crippen MR) is 93.1 cm³/mol. The fourth-order valence-electron chi connectivity index (χ4n) is 1.98. The summed E-state index contributed by atoms with van der Waals surface area (Å²) in [6.07, 6.45) is 2.71. The lowest BCUT2D eigenvalue weighted by molar-refractivity contribution is -0.136. The van der Waals surface area contributed by atoms with E-state index in [9.17, 15) is 4.79 Å². The maximum atomic E-state index is 11.4. The first kappa shape index (κ1) is 18.3. The van der Waals surface area contributed by atoms with E-state index in [-0.39, 0.29) is 6.61 Å². The van der Waals surface area contributed by atoms with E-state index < -0.39 is 5.97 Å². The molecule has 0 fully saturated rings. The largest absolute Gasteiger partial charge is 0.447 e. The average Bonchev–Trinajstić information content (AvgIpc) is 2.80. The minimum atomic E-state index is -0.625. The SMILES string of the molecule is Cc1nn(Cc2ccc(Cl)cc2Cl)c(Cl)c1C=CC(=O)OCC#N. The lowest BCUT2D eigenvalue weighted by Crippen LogP contribution is -2.02. The Hall–Kier alpha value is -2.00. The molecule has 1 aromatic heterocycles. The third-order valence-electron chi connectivity index (χ3n) is 3.11. The van der Waals surface area contributed by atoms with Crippen LogP contribution in [0, 0.1) is 18.3 Å². The summed E-state index contributed by atoms with van der Waals surface area (Å²) in [4.78, 5) is 11.4. The second-order valence-electron chi connectivity index (χ2n) is 4.78. The van der Waals surface area contributed by atoms with Crippen LogP contribution in [0.2, 0.25) is 15.2 Å². The molecule has 0 radical (unpaired) electrons. The Bertz CT molecular complexity index is 838. The van der Waals surface area contributed by atoms with Crippen LogP contribution in [0.15, 0.2) is 24.3 Å². The summed E-state index contributed by atoms with van der Waals surface area (Å²) < 4.78 is 6.21. The molecule has 2 aromatic rings. The van der Waals surface area contributed by atoms with Gasteiger partial charge in [-0.15, -0.1) is 0 Å². The van der Waals surface area contributed by atoms with Gasteiger partial charge in [-0.25, -0.2) is 9.48 Å². The van der Waals surface area contributed by atoms with Crippen LogP contribution in [0.5, 0.6) is 0 Å². The Morgan fingerprint density at radius 1 is 1.42 bits per heavy atom. The number of benzene rings is 1. The second kappa shape index (κ2) is 8.20. The molecular weight excluding hydrogens is 373 g/mol. The van der Waals surface area contributed by atoms with Gasteiger partial charge in [-0.2, -0.15) is 10.4 Å². The minimum Gasteiger partial charge on any atom is -0.447 e. The Labute approximate surface area is 154 Å². The maximum Gasteiger partial charge on any atom is 0.331 e. The molecule has 1 heterocycles. The second-order valence-corrected chi connectivity index (χ2v) is 5.98. The van der Waals surface area contributed by atoms with E-state index in [1.807, 2.05) is 0 Å². The van der Waals surface area contributed by atoms with Gasteiger partial charge in [-0.05, 0) is 30.7 Å². The van der Waals surface area contributed by atoms with Gasteiger partial charge in [-0.1, -0.05) is 40.9 Å². The zero-order valence-electron chi connectivity index (χ0n) is 12.6. The third-order valence-corrected chi connectivity index (χ3v) is 4.10. The van der Waals surface area contributed by atoms with E-state index in [0.717, 1.165) is 5.56 Å². The maximum absolute atomic E-state index is 11.4. The van der Waals surface area contributed by atoms with E-state index in [4.69, 9.17) is 40.1 Å². The van der Waals surface area contributed by atoms with Crippen molar-refractivity contribution in [3.63, 3.8) is 0 Å². The first-order chi connectivity index (χ1) is 11.4. The number of hydrogen-bond donors (Lipinski definition) is 0. The van der Waals surface area contributed by atoms with Crippen molar-refractivity contribution in [2.45, 2.75) is 13.5 Å². The van der Waals surface area contributed by atoms with Gasteiger partial charge in [0.25, 0.3) is 0 Å². The molecule has 0 bridgehead atoms. The zero-order chi connectivity index (χ0) is 17.7. The first-order valence-electron chi connectivity index (χ1n) is 6.81. The van der Waals surface area contributed by atoms with E-state index in [1.165, 1.54) is 12.2 Å². The van der Waals surface area contributed by atoms with Gasteiger partial charge in [0, 0.05) is 21.7 Å². The number of carbonyl (C=O) groups is 1. The molecule has 124 valence electrons. The van der Waals surface area contributed by atoms with Gasteiger partial charge in [0.15, 0.2) is 6.61 Å². The number of nitriles is 1. The molecule has 0 saturated carbocycles. The number of hydrogen-bond acceptors (Lipinski definition) is 4. The smallest absolute Gasteiger partial charge is 0.331 e. The molecule has 0 unspecified atom stereocenters. The molecule has 0 aliphatic heterocycles. The molecule has 0 amide bonds. The van der Waals surface area contributed by atoms with Gasteiger partial charge in [0.05, 0.1) is 12.2 Å². The van der Waals surface area contributed by atoms with Crippen molar-refractivity contribution < 1.29 is 9.53 Å². The van der Waals surface area contributed by atoms with Crippen molar-refractivity contribution in [1.82, 2.24) is 9.78 Å². The number of esters is 1. The number of halogens is 3. The third kappa shape index (κ3) is 4.51. The topological polar surface area (TPSA) is 67.9 Å². The first-order valence-corrected chi connectivity index (χ1v) is 7.94.